The Morgan fingerprint density at radius 2 is 2.29 bits per heavy atom. The van der Waals surface area contributed by atoms with E-state index in [2.05, 4.69) is 40.2 Å². The van der Waals surface area contributed by atoms with Crippen LogP contribution in [0.5, 0.6) is 0 Å². The zero-order chi connectivity index (χ0) is 12.4. The fraction of sp³-hybridized carbons (Fsp3) is 0.333. The molecule has 1 aromatic rings. The largest absolute Gasteiger partial charge is 0.244 e. The third-order valence-electron chi connectivity index (χ3n) is 1.98. The number of hydrogen-bond donors (Lipinski definition) is 0. The fourth-order valence-electron chi connectivity index (χ4n) is 1.23. The first-order valence-corrected chi connectivity index (χ1v) is 7.32. The van der Waals surface area contributed by atoms with Gasteiger partial charge in [0.05, 0.1) is 12.0 Å². The molecule has 1 unspecified atom stereocenters. The van der Waals surface area contributed by atoms with Gasteiger partial charge in [0.1, 0.15) is 5.15 Å². The van der Waals surface area contributed by atoms with Crippen molar-refractivity contribution in [3.05, 3.63) is 41.7 Å². The Hall–Kier alpha value is -0.0156. The van der Waals surface area contributed by atoms with E-state index in [0.29, 0.717) is 5.15 Å². The van der Waals surface area contributed by atoms with Crippen molar-refractivity contribution in [2.24, 2.45) is 0 Å². The summed E-state index contributed by atoms with van der Waals surface area (Å²) in [4.78, 5) is 5.91. The Morgan fingerprint density at radius 1 is 1.65 bits per heavy atom. The summed E-state index contributed by atoms with van der Waals surface area (Å²) in [6.45, 7) is 3.63. The summed E-state index contributed by atoms with van der Waals surface area (Å²) in [6, 6.07) is 5.85. The van der Waals surface area contributed by atoms with Crippen LogP contribution in [0.2, 0.25) is 5.15 Å². The van der Waals surface area contributed by atoms with Gasteiger partial charge in [-0.1, -0.05) is 46.3 Å². The van der Waals surface area contributed by atoms with Gasteiger partial charge in [-0.25, -0.2) is 4.98 Å². The number of nitriles is 1. The van der Waals surface area contributed by atoms with Crippen molar-refractivity contribution in [2.45, 2.75) is 18.8 Å². The molecule has 0 aliphatic heterocycles. The summed E-state index contributed by atoms with van der Waals surface area (Å²) < 4.78 is 0. The average molecular weight is 400 g/mol. The van der Waals surface area contributed by atoms with E-state index < -0.39 is 0 Å². The Morgan fingerprint density at radius 3 is 2.76 bits per heavy atom. The smallest absolute Gasteiger partial charge is 0.133 e. The standard InChI is InChI=1S/C11H11ClN2.CH3I.V/c1-2-3-5-9(8-13)10-6-4-7-14-11(10)12;1-2;/h2,4,6-7,9H,1,3,5H2;1H3;. The topological polar surface area (TPSA) is 36.7 Å². The Kier molecular flexibility index (Phi) is 14.1. The zero-order valence-electron chi connectivity index (χ0n) is 9.61. The Labute approximate surface area is 133 Å². The third kappa shape index (κ3) is 7.10. The van der Waals surface area contributed by atoms with E-state index in [4.69, 9.17) is 16.9 Å². The van der Waals surface area contributed by atoms with Crippen molar-refractivity contribution >= 4 is 34.2 Å². The van der Waals surface area contributed by atoms with Crippen molar-refractivity contribution in [2.75, 3.05) is 4.93 Å². The fourth-order valence-corrected chi connectivity index (χ4v) is 1.48. The molecule has 0 saturated heterocycles. The van der Waals surface area contributed by atoms with Crippen LogP contribution in [0.25, 0.3) is 0 Å². The maximum Gasteiger partial charge on any atom is 0.133 e. The number of rotatable bonds is 4. The number of nitrogens with zero attached hydrogens (tertiary/aromatic N) is 2. The second-order valence-corrected chi connectivity index (χ2v) is 3.29. The van der Waals surface area contributed by atoms with Gasteiger partial charge in [-0.15, -0.1) is 6.58 Å². The number of pyridine rings is 1. The molecule has 0 fully saturated rings. The molecule has 0 aromatic carbocycles. The van der Waals surface area contributed by atoms with Crippen LogP contribution < -0.4 is 0 Å². The molecule has 17 heavy (non-hydrogen) atoms. The monoisotopic (exact) mass is 399 g/mol. The number of allylic oxidation sites excluding steroid dienone is 1. The molecule has 0 N–H and O–H groups in total. The van der Waals surface area contributed by atoms with Gasteiger partial charge in [-0.3, -0.25) is 0 Å². The van der Waals surface area contributed by atoms with E-state index in [-0.39, 0.29) is 24.5 Å². The van der Waals surface area contributed by atoms with Crippen LogP contribution in [0.4, 0.5) is 0 Å². The molecule has 0 aliphatic carbocycles. The van der Waals surface area contributed by atoms with E-state index in [9.17, 15) is 0 Å². The number of aromatic nitrogens is 1. The van der Waals surface area contributed by atoms with Crippen molar-refractivity contribution in [3.63, 3.8) is 0 Å². The predicted molar refractivity (Wildman–Crippen MR) is 77.0 cm³/mol. The van der Waals surface area contributed by atoms with E-state index in [1.54, 1.807) is 18.3 Å². The Bertz CT molecular complexity index is 366. The van der Waals surface area contributed by atoms with Crippen LogP contribution >= 0.6 is 34.2 Å². The van der Waals surface area contributed by atoms with E-state index >= 15 is 0 Å². The van der Waals surface area contributed by atoms with Crippen molar-refractivity contribution in [1.29, 1.82) is 5.26 Å². The molecule has 0 saturated carbocycles. The van der Waals surface area contributed by atoms with Crippen LogP contribution in [0, 0.1) is 11.3 Å². The molecule has 1 radical (unpaired) electrons. The number of alkyl halides is 1. The first-order chi connectivity index (χ1) is 7.79. The van der Waals surface area contributed by atoms with Crippen LogP contribution in [0.3, 0.4) is 0 Å². The molecular weight excluding hydrogens is 385 g/mol. The first-order valence-electron chi connectivity index (χ1n) is 4.78. The van der Waals surface area contributed by atoms with Gasteiger partial charge >= 0.3 is 0 Å². The van der Waals surface area contributed by atoms with Crippen LogP contribution in [0.1, 0.15) is 24.3 Å². The molecule has 2 nitrogen and oxygen atoms in total. The molecule has 1 atom stereocenters. The molecule has 1 aromatic heterocycles. The summed E-state index contributed by atoms with van der Waals surface area (Å²) in [6.07, 6.45) is 4.97. The Balaban J connectivity index is 0. The van der Waals surface area contributed by atoms with Gasteiger partial charge in [0.15, 0.2) is 0 Å². The molecule has 0 aliphatic rings. The van der Waals surface area contributed by atoms with E-state index in [0.717, 1.165) is 18.4 Å². The van der Waals surface area contributed by atoms with E-state index in [1.807, 2.05) is 11.0 Å². The van der Waals surface area contributed by atoms with Crippen LogP contribution in [-0.4, -0.2) is 9.91 Å². The third-order valence-corrected chi connectivity index (χ3v) is 2.29. The second kappa shape index (κ2) is 12.4. The summed E-state index contributed by atoms with van der Waals surface area (Å²) >= 11 is 8.04. The van der Waals surface area contributed by atoms with E-state index in [1.165, 1.54) is 0 Å². The van der Waals surface area contributed by atoms with Crippen LogP contribution in [0.15, 0.2) is 31.0 Å². The first kappa shape index (κ1) is 19.3. The molecule has 1 rings (SSSR count). The van der Waals surface area contributed by atoms with Gasteiger partial charge in [-0.2, -0.15) is 5.26 Å². The zero-order valence-corrected chi connectivity index (χ0v) is 13.9. The normalized spacial score (nSPS) is 10.0. The van der Waals surface area contributed by atoms with Gasteiger partial charge in [0.2, 0.25) is 0 Å². The summed E-state index contributed by atoms with van der Waals surface area (Å²) in [5.74, 6) is -0.186. The average Bonchev–Trinajstić information content (AvgIpc) is 2.35. The van der Waals surface area contributed by atoms with Crippen molar-refractivity contribution in [3.8, 4) is 6.07 Å². The maximum atomic E-state index is 8.96. The minimum atomic E-state index is -0.186. The summed E-state index contributed by atoms with van der Waals surface area (Å²) in [5, 5.41) is 9.38. The van der Waals surface area contributed by atoms with Gasteiger partial charge in [-0.05, 0) is 23.8 Å². The predicted octanol–water partition coefficient (Wildman–Crippen LogP) is 4.36. The van der Waals surface area contributed by atoms with Gasteiger partial charge in [0.25, 0.3) is 0 Å². The molecular formula is C12H14ClIN2V. The SMILES string of the molecule is C=CCCC(C#N)c1cccnc1Cl.CI.[V]. The van der Waals surface area contributed by atoms with Gasteiger partial charge in [0, 0.05) is 30.3 Å². The minimum absolute atomic E-state index is 0. The summed E-state index contributed by atoms with van der Waals surface area (Å²) in [7, 11) is 0. The van der Waals surface area contributed by atoms with Crippen molar-refractivity contribution in [1.82, 2.24) is 4.98 Å². The summed E-state index contributed by atoms with van der Waals surface area (Å²) in [5.41, 5.74) is 0.804. The molecule has 1 heterocycles. The molecule has 0 spiro atoms. The number of hydrogen-bond acceptors (Lipinski definition) is 2. The minimum Gasteiger partial charge on any atom is -0.244 e. The van der Waals surface area contributed by atoms with Crippen molar-refractivity contribution < 1.29 is 18.6 Å². The molecule has 0 amide bonds. The number of halogens is 2. The molecule has 0 bridgehead atoms. The maximum absolute atomic E-state index is 8.96. The second-order valence-electron chi connectivity index (χ2n) is 2.93. The molecule has 91 valence electrons. The van der Waals surface area contributed by atoms with Crippen LogP contribution in [-0.2, 0) is 18.6 Å². The quantitative estimate of drug-likeness (QED) is 0.326. The molecule has 5 heteroatoms. The van der Waals surface area contributed by atoms with Gasteiger partial charge < -0.3 is 0 Å².